The van der Waals surface area contributed by atoms with Crippen LogP contribution < -0.4 is 5.32 Å². The zero-order valence-corrected chi connectivity index (χ0v) is 10.4. The van der Waals surface area contributed by atoms with Gasteiger partial charge in [0.25, 0.3) is 11.7 Å². The number of aromatic nitrogens is 4. The van der Waals surface area contributed by atoms with Crippen LogP contribution in [0.2, 0.25) is 0 Å². The molecule has 0 unspecified atom stereocenters. The molecule has 0 aliphatic rings. The van der Waals surface area contributed by atoms with Crippen LogP contribution in [-0.4, -0.2) is 33.1 Å². The molecule has 1 aromatic rings. The van der Waals surface area contributed by atoms with Gasteiger partial charge in [-0.1, -0.05) is 45.4 Å². The molecule has 1 heterocycles. The molecule has 6 heteroatoms. The third-order valence-electron chi connectivity index (χ3n) is 2.61. The highest BCUT2D eigenvalue weighted by molar-refractivity contribution is 5.89. The van der Waals surface area contributed by atoms with Crippen LogP contribution in [0.5, 0.6) is 0 Å². The van der Waals surface area contributed by atoms with E-state index in [0.29, 0.717) is 6.54 Å². The summed E-state index contributed by atoms with van der Waals surface area (Å²) < 4.78 is 0. The predicted octanol–water partition coefficient (Wildman–Crippen LogP) is 1.68. The molecular formula is C11H21N5O. The SMILES string of the molecule is CCCCCCCCCNC(=O)c1nn[nH]n1. The molecule has 17 heavy (non-hydrogen) atoms. The Morgan fingerprint density at radius 3 is 2.53 bits per heavy atom. The first-order valence-corrected chi connectivity index (χ1v) is 6.36. The number of aromatic amines is 1. The summed E-state index contributed by atoms with van der Waals surface area (Å²) in [4.78, 5) is 11.4. The van der Waals surface area contributed by atoms with Crippen molar-refractivity contribution in [3.8, 4) is 0 Å². The highest BCUT2D eigenvalue weighted by Gasteiger charge is 2.08. The first-order chi connectivity index (χ1) is 8.34. The van der Waals surface area contributed by atoms with Gasteiger partial charge in [0.1, 0.15) is 0 Å². The van der Waals surface area contributed by atoms with Crippen LogP contribution in [0.25, 0.3) is 0 Å². The van der Waals surface area contributed by atoms with E-state index in [-0.39, 0.29) is 11.7 Å². The van der Waals surface area contributed by atoms with E-state index in [0.717, 1.165) is 12.8 Å². The van der Waals surface area contributed by atoms with Crippen molar-refractivity contribution < 1.29 is 4.79 Å². The Bertz CT molecular complexity index is 299. The lowest BCUT2D eigenvalue weighted by atomic mass is 10.1. The number of unbranched alkanes of at least 4 members (excludes halogenated alkanes) is 6. The molecule has 0 radical (unpaired) electrons. The van der Waals surface area contributed by atoms with Crippen molar-refractivity contribution >= 4 is 5.91 Å². The van der Waals surface area contributed by atoms with Crippen molar-refractivity contribution in [3.63, 3.8) is 0 Å². The molecule has 0 aliphatic carbocycles. The first kappa shape index (κ1) is 13.6. The number of carbonyl (C=O) groups excluding carboxylic acids is 1. The van der Waals surface area contributed by atoms with Crippen LogP contribution >= 0.6 is 0 Å². The van der Waals surface area contributed by atoms with E-state index in [1.54, 1.807) is 0 Å². The van der Waals surface area contributed by atoms with E-state index in [2.05, 4.69) is 32.9 Å². The number of hydrogen-bond donors (Lipinski definition) is 2. The lowest BCUT2D eigenvalue weighted by Gasteiger charge is -2.02. The lowest BCUT2D eigenvalue weighted by Crippen LogP contribution is -2.25. The molecule has 6 nitrogen and oxygen atoms in total. The van der Waals surface area contributed by atoms with Gasteiger partial charge in [-0.15, -0.1) is 10.2 Å². The third kappa shape index (κ3) is 5.99. The second-order valence-corrected chi connectivity index (χ2v) is 4.11. The summed E-state index contributed by atoms with van der Waals surface area (Å²) in [5.74, 6) is -0.155. The van der Waals surface area contributed by atoms with Crippen molar-refractivity contribution in [1.82, 2.24) is 25.9 Å². The molecule has 1 aromatic heterocycles. The summed E-state index contributed by atoms with van der Waals surface area (Å²) in [6.07, 6.45) is 8.65. The Labute approximate surface area is 102 Å². The fourth-order valence-corrected chi connectivity index (χ4v) is 1.62. The third-order valence-corrected chi connectivity index (χ3v) is 2.61. The molecule has 0 spiro atoms. The minimum atomic E-state index is -0.260. The number of H-pyrrole nitrogens is 1. The molecule has 0 bridgehead atoms. The van der Waals surface area contributed by atoms with Gasteiger partial charge in [0.2, 0.25) is 0 Å². The molecule has 0 saturated heterocycles. The van der Waals surface area contributed by atoms with E-state index < -0.39 is 0 Å². The quantitative estimate of drug-likeness (QED) is 0.642. The molecule has 96 valence electrons. The second-order valence-electron chi connectivity index (χ2n) is 4.11. The molecule has 0 aromatic carbocycles. The minimum absolute atomic E-state index is 0.105. The van der Waals surface area contributed by atoms with Gasteiger partial charge in [0, 0.05) is 6.54 Å². The summed E-state index contributed by atoms with van der Waals surface area (Å²) in [5, 5.41) is 15.6. The van der Waals surface area contributed by atoms with E-state index in [4.69, 9.17) is 0 Å². The lowest BCUT2D eigenvalue weighted by molar-refractivity contribution is 0.0942. The van der Waals surface area contributed by atoms with Gasteiger partial charge in [0.15, 0.2) is 0 Å². The summed E-state index contributed by atoms with van der Waals surface area (Å²) in [6, 6.07) is 0. The molecule has 0 fully saturated rings. The number of carbonyl (C=O) groups is 1. The minimum Gasteiger partial charge on any atom is -0.349 e. The average Bonchev–Trinajstić information content (AvgIpc) is 2.86. The van der Waals surface area contributed by atoms with Gasteiger partial charge in [-0.2, -0.15) is 5.21 Å². The van der Waals surface area contributed by atoms with Gasteiger partial charge in [-0.25, -0.2) is 0 Å². The van der Waals surface area contributed by atoms with Gasteiger partial charge in [-0.3, -0.25) is 4.79 Å². The predicted molar refractivity (Wildman–Crippen MR) is 64.5 cm³/mol. The highest BCUT2D eigenvalue weighted by atomic mass is 16.2. The van der Waals surface area contributed by atoms with Gasteiger partial charge in [-0.05, 0) is 11.6 Å². The van der Waals surface area contributed by atoms with E-state index in [1.807, 2.05) is 0 Å². The van der Waals surface area contributed by atoms with Crippen LogP contribution in [0.15, 0.2) is 0 Å². The normalized spacial score (nSPS) is 10.4. The highest BCUT2D eigenvalue weighted by Crippen LogP contribution is 2.06. The van der Waals surface area contributed by atoms with Gasteiger partial charge >= 0.3 is 0 Å². The van der Waals surface area contributed by atoms with Crippen molar-refractivity contribution in [2.24, 2.45) is 0 Å². The number of amides is 1. The largest absolute Gasteiger partial charge is 0.349 e. The number of nitrogens with one attached hydrogen (secondary N) is 2. The Morgan fingerprint density at radius 2 is 1.88 bits per heavy atom. The van der Waals surface area contributed by atoms with Crippen LogP contribution in [0.3, 0.4) is 0 Å². The van der Waals surface area contributed by atoms with E-state index in [1.165, 1.54) is 32.1 Å². The van der Waals surface area contributed by atoms with Crippen molar-refractivity contribution in [1.29, 1.82) is 0 Å². The number of hydrogen-bond acceptors (Lipinski definition) is 4. The first-order valence-electron chi connectivity index (χ1n) is 6.36. The molecule has 0 saturated carbocycles. The molecule has 0 atom stereocenters. The maximum Gasteiger partial charge on any atom is 0.292 e. The number of rotatable bonds is 9. The fourth-order valence-electron chi connectivity index (χ4n) is 1.62. The fraction of sp³-hybridized carbons (Fsp3) is 0.818. The summed E-state index contributed by atoms with van der Waals surface area (Å²) in [5.41, 5.74) is 0. The second kappa shape index (κ2) is 8.66. The Hall–Kier alpha value is -1.46. The average molecular weight is 239 g/mol. The van der Waals surface area contributed by atoms with Crippen LogP contribution in [-0.2, 0) is 0 Å². The molecular weight excluding hydrogens is 218 g/mol. The maximum absolute atomic E-state index is 11.4. The molecule has 1 amide bonds. The van der Waals surface area contributed by atoms with Gasteiger partial charge in [0.05, 0.1) is 0 Å². The number of nitrogens with zero attached hydrogens (tertiary/aromatic N) is 3. The topological polar surface area (TPSA) is 83.6 Å². The van der Waals surface area contributed by atoms with Crippen molar-refractivity contribution in [2.75, 3.05) is 6.54 Å². The smallest absolute Gasteiger partial charge is 0.292 e. The number of tetrazole rings is 1. The summed E-state index contributed by atoms with van der Waals surface area (Å²) in [6.45, 7) is 2.90. The standard InChI is InChI=1S/C11H21N5O/c1-2-3-4-5-6-7-8-9-12-11(17)10-13-15-16-14-10/h2-9H2,1H3,(H,12,17)(H,13,14,15,16). The Balaban J connectivity index is 1.92. The zero-order chi connectivity index (χ0) is 12.3. The summed E-state index contributed by atoms with van der Waals surface area (Å²) in [7, 11) is 0. The maximum atomic E-state index is 11.4. The van der Waals surface area contributed by atoms with Gasteiger partial charge < -0.3 is 5.32 Å². The molecule has 0 aliphatic heterocycles. The Kier molecular flexibility index (Phi) is 6.93. The van der Waals surface area contributed by atoms with E-state index in [9.17, 15) is 4.79 Å². The van der Waals surface area contributed by atoms with Crippen LogP contribution in [0.1, 0.15) is 62.5 Å². The van der Waals surface area contributed by atoms with Crippen molar-refractivity contribution in [3.05, 3.63) is 5.82 Å². The Morgan fingerprint density at radius 1 is 1.18 bits per heavy atom. The summed E-state index contributed by atoms with van der Waals surface area (Å²) >= 11 is 0. The van der Waals surface area contributed by atoms with E-state index >= 15 is 0 Å². The van der Waals surface area contributed by atoms with Crippen LogP contribution in [0.4, 0.5) is 0 Å². The monoisotopic (exact) mass is 239 g/mol. The molecule has 2 N–H and O–H groups in total. The van der Waals surface area contributed by atoms with Crippen LogP contribution in [0, 0.1) is 0 Å². The molecule has 1 rings (SSSR count). The van der Waals surface area contributed by atoms with Crippen molar-refractivity contribution in [2.45, 2.75) is 51.9 Å². The zero-order valence-electron chi connectivity index (χ0n) is 10.4.